The fraction of sp³-hybridized carbons (Fsp3) is 0.286. The number of rotatable bonds is 11. The maximum absolute atomic E-state index is 13.8. The van der Waals surface area contributed by atoms with Crippen LogP contribution in [0.1, 0.15) is 25.0 Å². The number of anilines is 1. The van der Waals surface area contributed by atoms with E-state index < -0.39 is 34.3 Å². The minimum absolute atomic E-state index is 0.00544. The Labute approximate surface area is 218 Å². The largest absolute Gasteiger partial charge is 0.352 e. The number of amides is 2. The number of halogens is 1. The van der Waals surface area contributed by atoms with Gasteiger partial charge < -0.3 is 10.2 Å². The van der Waals surface area contributed by atoms with Crippen molar-refractivity contribution in [2.45, 2.75) is 38.9 Å². The van der Waals surface area contributed by atoms with E-state index in [9.17, 15) is 22.4 Å². The van der Waals surface area contributed by atoms with Gasteiger partial charge in [-0.1, -0.05) is 60.7 Å². The third-order valence-electron chi connectivity index (χ3n) is 5.69. The first-order valence-corrected chi connectivity index (χ1v) is 13.8. The first kappa shape index (κ1) is 27.9. The van der Waals surface area contributed by atoms with Crippen molar-refractivity contribution in [2.75, 3.05) is 17.1 Å². The van der Waals surface area contributed by atoms with Crippen molar-refractivity contribution >= 4 is 27.5 Å². The summed E-state index contributed by atoms with van der Waals surface area (Å²) in [6, 6.07) is 22.1. The molecular formula is C28H32FN3O4S. The van der Waals surface area contributed by atoms with E-state index in [1.165, 1.54) is 17.0 Å². The van der Waals surface area contributed by atoms with Gasteiger partial charge in [-0.3, -0.25) is 13.9 Å². The molecule has 0 aliphatic carbocycles. The Morgan fingerprint density at radius 1 is 0.865 bits per heavy atom. The van der Waals surface area contributed by atoms with Gasteiger partial charge in [-0.05, 0) is 49.2 Å². The van der Waals surface area contributed by atoms with Crippen LogP contribution in [0, 0.1) is 5.82 Å². The lowest BCUT2D eigenvalue weighted by molar-refractivity contribution is -0.140. The molecule has 0 aromatic heterocycles. The zero-order chi connectivity index (χ0) is 27.0. The fourth-order valence-electron chi connectivity index (χ4n) is 3.93. The highest BCUT2D eigenvalue weighted by atomic mass is 32.2. The summed E-state index contributed by atoms with van der Waals surface area (Å²) in [6.45, 7) is 3.15. The van der Waals surface area contributed by atoms with Gasteiger partial charge in [-0.15, -0.1) is 0 Å². The van der Waals surface area contributed by atoms with Gasteiger partial charge in [0, 0.05) is 19.0 Å². The number of nitrogens with one attached hydrogen (secondary N) is 1. The molecule has 1 N–H and O–H groups in total. The van der Waals surface area contributed by atoms with Crippen molar-refractivity contribution in [3.63, 3.8) is 0 Å². The number of para-hydroxylation sites is 1. The number of hydrogen-bond donors (Lipinski definition) is 1. The molecule has 3 aromatic rings. The van der Waals surface area contributed by atoms with Crippen LogP contribution in [0.5, 0.6) is 0 Å². The number of carbonyl (C=O) groups excluding carboxylic acids is 2. The van der Waals surface area contributed by atoms with Gasteiger partial charge in [0.05, 0.1) is 11.9 Å². The predicted molar refractivity (Wildman–Crippen MR) is 143 cm³/mol. The smallest absolute Gasteiger partial charge is 0.244 e. The molecule has 0 fully saturated rings. The second-order valence-electron chi connectivity index (χ2n) is 9.12. The van der Waals surface area contributed by atoms with Crippen LogP contribution in [0.4, 0.5) is 10.1 Å². The van der Waals surface area contributed by atoms with Gasteiger partial charge in [0.2, 0.25) is 21.8 Å². The summed E-state index contributed by atoms with van der Waals surface area (Å²) in [7, 11) is -3.81. The third-order valence-corrected chi connectivity index (χ3v) is 6.83. The molecule has 0 aliphatic rings. The quantitative estimate of drug-likeness (QED) is 0.413. The van der Waals surface area contributed by atoms with Gasteiger partial charge >= 0.3 is 0 Å². The summed E-state index contributed by atoms with van der Waals surface area (Å²) < 4.78 is 39.9. The van der Waals surface area contributed by atoms with E-state index in [0.29, 0.717) is 11.3 Å². The predicted octanol–water partition coefficient (Wildman–Crippen LogP) is 3.76. The summed E-state index contributed by atoms with van der Waals surface area (Å²) in [5, 5.41) is 2.88. The van der Waals surface area contributed by atoms with E-state index in [0.717, 1.165) is 16.1 Å². The lowest BCUT2D eigenvalue weighted by Gasteiger charge is -2.34. The summed E-state index contributed by atoms with van der Waals surface area (Å²) >= 11 is 0. The zero-order valence-corrected chi connectivity index (χ0v) is 22.0. The van der Waals surface area contributed by atoms with E-state index in [2.05, 4.69) is 5.32 Å². The Morgan fingerprint density at radius 3 is 1.97 bits per heavy atom. The van der Waals surface area contributed by atoms with Crippen LogP contribution in [0.15, 0.2) is 84.9 Å². The third kappa shape index (κ3) is 8.15. The Hall–Kier alpha value is -3.72. The van der Waals surface area contributed by atoms with Gasteiger partial charge in [0.1, 0.15) is 18.4 Å². The van der Waals surface area contributed by atoms with Crippen LogP contribution in [-0.4, -0.2) is 50.0 Å². The maximum Gasteiger partial charge on any atom is 0.244 e. The summed E-state index contributed by atoms with van der Waals surface area (Å²) in [6.07, 6.45) is 1.25. The van der Waals surface area contributed by atoms with Crippen LogP contribution < -0.4 is 9.62 Å². The molecule has 0 spiro atoms. The average molecular weight is 526 g/mol. The molecule has 0 heterocycles. The standard InChI is InChI=1S/C28H32FN3O4S/c1-21(2)30-28(34)26(18-22-10-6-4-7-11-22)31(19-23-14-16-24(29)17-15-23)27(33)20-32(37(3,35)36)25-12-8-5-9-13-25/h4-17,21,26H,18-20H2,1-3H3,(H,30,34)/t26-/m1/s1. The lowest BCUT2D eigenvalue weighted by atomic mass is 10.0. The van der Waals surface area contributed by atoms with E-state index in [-0.39, 0.29) is 24.9 Å². The molecule has 1 atom stereocenters. The highest BCUT2D eigenvalue weighted by molar-refractivity contribution is 7.92. The average Bonchev–Trinajstić information content (AvgIpc) is 2.85. The topological polar surface area (TPSA) is 86.8 Å². The van der Waals surface area contributed by atoms with Crippen molar-refractivity contribution in [2.24, 2.45) is 0 Å². The minimum Gasteiger partial charge on any atom is -0.352 e. The number of carbonyl (C=O) groups is 2. The highest BCUT2D eigenvalue weighted by Crippen LogP contribution is 2.20. The number of sulfonamides is 1. The van der Waals surface area contributed by atoms with Gasteiger partial charge in [-0.2, -0.15) is 0 Å². The second-order valence-corrected chi connectivity index (χ2v) is 11.0. The lowest BCUT2D eigenvalue weighted by Crippen LogP contribution is -2.54. The zero-order valence-electron chi connectivity index (χ0n) is 21.2. The Bertz CT molecular complexity index is 1280. The number of nitrogens with zero attached hydrogens (tertiary/aromatic N) is 2. The van der Waals surface area contributed by atoms with Crippen molar-refractivity contribution in [3.05, 3.63) is 102 Å². The number of hydrogen-bond acceptors (Lipinski definition) is 4. The Balaban J connectivity index is 2.03. The monoisotopic (exact) mass is 525 g/mol. The second kappa shape index (κ2) is 12.5. The van der Waals surface area contributed by atoms with Crippen molar-refractivity contribution in [1.82, 2.24) is 10.2 Å². The maximum atomic E-state index is 13.8. The van der Waals surface area contributed by atoms with E-state index >= 15 is 0 Å². The van der Waals surface area contributed by atoms with E-state index in [4.69, 9.17) is 0 Å². The molecule has 3 aromatic carbocycles. The normalized spacial score (nSPS) is 12.1. The van der Waals surface area contributed by atoms with Crippen LogP contribution >= 0.6 is 0 Å². The first-order chi connectivity index (χ1) is 17.5. The first-order valence-electron chi connectivity index (χ1n) is 12.0. The molecule has 0 saturated carbocycles. The molecule has 3 rings (SSSR count). The minimum atomic E-state index is -3.81. The molecule has 0 saturated heterocycles. The van der Waals surface area contributed by atoms with Crippen LogP contribution in [0.25, 0.3) is 0 Å². The molecule has 9 heteroatoms. The highest BCUT2D eigenvalue weighted by Gasteiger charge is 2.33. The molecular weight excluding hydrogens is 493 g/mol. The SMILES string of the molecule is CC(C)NC(=O)[C@@H](Cc1ccccc1)N(Cc1ccc(F)cc1)C(=O)CN(c1ccccc1)S(C)(=O)=O. The van der Waals surface area contributed by atoms with Crippen molar-refractivity contribution in [3.8, 4) is 0 Å². The van der Waals surface area contributed by atoms with E-state index in [1.54, 1.807) is 42.5 Å². The van der Waals surface area contributed by atoms with Gasteiger partial charge in [0.25, 0.3) is 0 Å². The van der Waals surface area contributed by atoms with Crippen LogP contribution in [0.2, 0.25) is 0 Å². The van der Waals surface area contributed by atoms with Crippen molar-refractivity contribution in [1.29, 1.82) is 0 Å². The number of benzene rings is 3. The molecule has 7 nitrogen and oxygen atoms in total. The summed E-state index contributed by atoms with van der Waals surface area (Å²) in [4.78, 5) is 28.6. The Morgan fingerprint density at radius 2 is 1.43 bits per heavy atom. The van der Waals surface area contributed by atoms with Crippen LogP contribution in [-0.2, 0) is 32.6 Å². The molecule has 37 heavy (non-hydrogen) atoms. The molecule has 0 radical (unpaired) electrons. The van der Waals surface area contributed by atoms with Crippen LogP contribution in [0.3, 0.4) is 0 Å². The van der Waals surface area contributed by atoms with Gasteiger partial charge in [0.15, 0.2) is 0 Å². The van der Waals surface area contributed by atoms with Gasteiger partial charge in [-0.25, -0.2) is 12.8 Å². The summed E-state index contributed by atoms with van der Waals surface area (Å²) in [5.74, 6) is -1.34. The molecule has 0 unspecified atom stereocenters. The molecule has 0 aliphatic heterocycles. The molecule has 0 bridgehead atoms. The molecule has 2 amide bonds. The van der Waals surface area contributed by atoms with Crippen molar-refractivity contribution < 1.29 is 22.4 Å². The fourth-order valence-corrected chi connectivity index (χ4v) is 4.78. The van der Waals surface area contributed by atoms with E-state index in [1.807, 2.05) is 44.2 Å². The Kier molecular flexibility index (Phi) is 9.41. The molecule has 196 valence electrons. The summed E-state index contributed by atoms with van der Waals surface area (Å²) in [5.41, 5.74) is 1.79.